The van der Waals surface area contributed by atoms with Crippen LogP contribution < -0.4 is 30.3 Å². The molecule has 0 aliphatic carbocycles. The zero-order valence-electron chi connectivity index (χ0n) is 25.1. The van der Waals surface area contributed by atoms with Crippen molar-refractivity contribution in [2.24, 2.45) is 7.05 Å². The van der Waals surface area contributed by atoms with Crippen molar-refractivity contribution in [1.29, 1.82) is 0 Å². The lowest BCUT2D eigenvalue weighted by Crippen LogP contribution is -2.45. The van der Waals surface area contributed by atoms with Gasteiger partial charge in [0.25, 0.3) is 0 Å². The molecule has 2 fully saturated rings. The zero-order chi connectivity index (χ0) is 31.7. The van der Waals surface area contributed by atoms with Gasteiger partial charge in [-0.3, -0.25) is 9.48 Å². The topological polar surface area (TPSA) is 128 Å². The molecule has 12 nitrogen and oxygen atoms in total. The molecule has 236 valence electrons. The summed E-state index contributed by atoms with van der Waals surface area (Å²) in [6.45, 7) is 6.07. The van der Waals surface area contributed by atoms with Gasteiger partial charge < -0.3 is 35.1 Å². The molecule has 5 heterocycles. The zero-order valence-corrected chi connectivity index (χ0v) is 26.7. The molecule has 0 bridgehead atoms. The van der Waals surface area contributed by atoms with Gasteiger partial charge >= 0.3 is 0 Å². The number of fused-ring (bicyclic) bond motifs is 1. The van der Waals surface area contributed by atoms with E-state index in [2.05, 4.69) is 32.5 Å². The van der Waals surface area contributed by atoms with Gasteiger partial charge in [0.2, 0.25) is 5.91 Å². The number of nitrogens with one attached hydrogen (secondary N) is 3. The molecule has 14 heteroatoms. The SMILES string of the molecule is C=CC(=O)N[C@H]1CN(c2cnn(C)c2)C[C@H]1Nc1cc2c(NC3CCOC3)nc(-c3c(Cl)c(OC)cc(OC)c3Cl)cc2cn1. The number of halogens is 2. The molecule has 0 saturated carbocycles. The Bertz CT molecular complexity index is 1710. The average molecular weight is 654 g/mol. The Kier molecular flexibility index (Phi) is 8.88. The summed E-state index contributed by atoms with van der Waals surface area (Å²) >= 11 is 13.5. The Balaban J connectivity index is 1.38. The maximum atomic E-state index is 12.3. The number of benzene rings is 1. The van der Waals surface area contributed by atoms with Crippen LogP contribution in [0.25, 0.3) is 22.0 Å². The molecule has 4 aromatic rings. The molecule has 3 N–H and O–H groups in total. The number of amides is 1. The van der Waals surface area contributed by atoms with Gasteiger partial charge in [-0.15, -0.1) is 0 Å². The van der Waals surface area contributed by atoms with Crippen LogP contribution in [0.3, 0.4) is 0 Å². The fourth-order valence-corrected chi connectivity index (χ4v) is 6.42. The predicted molar refractivity (Wildman–Crippen MR) is 176 cm³/mol. The van der Waals surface area contributed by atoms with Crippen LogP contribution >= 0.6 is 23.2 Å². The Morgan fingerprint density at radius 1 is 1.09 bits per heavy atom. The normalized spacial score (nSPS) is 19.5. The second kappa shape index (κ2) is 13.0. The third-order valence-corrected chi connectivity index (χ3v) is 8.79. The lowest BCUT2D eigenvalue weighted by atomic mass is 10.1. The molecule has 6 rings (SSSR count). The minimum absolute atomic E-state index is 0.0766. The predicted octanol–water partition coefficient (Wildman–Crippen LogP) is 4.53. The minimum atomic E-state index is -0.236. The van der Waals surface area contributed by atoms with E-state index >= 15 is 0 Å². The Hall–Kier alpha value is -4.26. The van der Waals surface area contributed by atoms with E-state index < -0.39 is 0 Å². The molecular weight excluding hydrogens is 619 g/mol. The number of pyridine rings is 2. The van der Waals surface area contributed by atoms with Crippen molar-refractivity contribution < 1.29 is 19.0 Å². The van der Waals surface area contributed by atoms with Crippen LogP contribution in [-0.4, -0.2) is 84.3 Å². The van der Waals surface area contributed by atoms with Crippen molar-refractivity contribution in [3.8, 4) is 22.8 Å². The number of methoxy groups -OCH3 is 2. The van der Waals surface area contributed by atoms with E-state index in [0.29, 0.717) is 70.7 Å². The van der Waals surface area contributed by atoms with Gasteiger partial charge in [-0.05, 0) is 24.6 Å². The molecule has 2 saturated heterocycles. The molecular formula is C31H34Cl2N8O4. The second-order valence-corrected chi connectivity index (χ2v) is 11.7. The van der Waals surface area contributed by atoms with Gasteiger partial charge in [-0.2, -0.15) is 5.10 Å². The lowest BCUT2D eigenvalue weighted by molar-refractivity contribution is -0.117. The molecule has 0 radical (unpaired) electrons. The Morgan fingerprint density at radius 3 is 2.49 bits per heavy atom. The molecule has 1 unspecified atom stereocenters. The molecule has 45 heavy (non-hydrogen) atoms. The van der Waals surface area contributed by atoms with Crippen LogP contribution in [0.15, 0.2) is 49.4 Å². The number of aryl methyl sites for hydroxylation is 1. The van der Waals surface area contributed by atoms with Crippen molar-refractivity contribution in [1.82, 2.24) is 25.1 Å². The summed E-state index contributed by atoms with van der Waals surface area (Å²) in [6, 6.07) is 5.22. The highest BCUT2D eigenvalue weighted by atomic mass is 35.5. The van der Waals surface area contributed by atoms with E-state index in [1.54, 1.807) is 16.9 Å². The summed E-state index contributed by atoms with van der Waals surface area (Å²) in [7, 11) is 4.94. The highest BCUT2D eigenvalue weighted by Gasteiger charge is 2.34. The second-order valence-electron chi connectivity index (χ2n) is 11.0. The van der Waals surface area contributed by atoms with Crippen LogP contribution in [0.2, 0.25) is 10.0 Å². The fourth-order valence-electron chi connectivity index (χ4n) is 5.73. The van der Waals surface area contributed by atoms with Crippen LogP contribution in [-0.2, 0) is 16.6 Å². The van der Waals surface area contributed by atoms with Crippen molar-refractivity contribution >= 4 is 57.2 Å². The first-order valence-corrected chi connectivity index (χ1v) is 15.2. The van der Waals surface area contributed by atoms with Gasteiger partial charge in [0, 0.05) is 61.5 Å². The third-order valence-electron chi connectivity index (χ3n) is 8.04. The van der Waals surface area contributed by atoms with Gasteiger partial charge in [0.15, 0.2) is 0 Å². The minimum Gasteiger partial charge on any atom is -0.495 e. The first-order valence-electron chi connectivity index (χ1n) is 14.5. The van der Waals surface area contributed by atoms with Crippen LogP contribution in [0.1, 0.15) is 6.42 Å². The van der Waals surface area contributed by atoms with Gasteiger partial charge in [0.05, 0.1) is 66.6 Å². The van der Waals surface area contributed by atoms with Crippen LogP contribution in [0, 0.1) is 0 Å². The number of hydrogen-bond acceptors (Lipinski definition) is 10. The summed E-state index contributed by atoms with van der Waals surface area (Å²) in [6.07, 6.45) is 7.67. The summed E-state index contributed by atoms with van der Waals surface area (Å²) < 4.78 is 18.4. The standard InChI is InChI=1S/C31H34Cl2N8O4/c1-5-27(42)38-23-15-41(19-12-35-40(2)13-19)14-22(23)37-26-9-20-17(11-34-26)8-21(39-31(20)36-18-6-7-45-16-18)28-29(32)24(43-3)10-25(44-4)30(28)33/h5,8-13,18,22-23H,1,6-7,14-16H2,2-4H3,(H,34,37)(H,36,39)(H,38,42)/t18?,22-,23+/m1/s1. The molecule has 1 aromatic carbocycles. The Morgan fingerprint density at radius 2 is 1.84 bits per heavy atom. The van der Waals surface area contributed by atoms with E-state index in [9.17, 15) is 4.79 Å². The van der Waals surface area contributed by atoms with Crippen molar-refractivity contribution in [3.63, 3.8) is 0 Å². The van der Waals surface area contributed by atoms with Crippen LogP contribution in [0.4, 0.5) is 17.3 Å². The number of carbonyl (C=O) groups excluding carboxylic acids is 1. The lowest BCUT2D eigenvalue weighted by Gasteiger charge is -2.22. The monoisotopic (exact) mass is 652 g/mol. The van der Waals surface area contributed by atoms with E-state index in [1.165, 1.54) is 20.3 Å². The molecule has 2 aliphatic heterocycles. The van der Waals surface area contributed by atoms with E-state index in [0.717, 1.165) is 22.9 Å². The summed E-state index contributed by atoms with van der Waals surface area (Å²) in [4.78, 5) is 24.2. The van der Waals surface area contributed by atoms with Crippen LogP contribution in [0.5, 0.6) is 11.5 Å². The molecule has 2 aliphatic rings. The number of ether oxygens (including phenoxy) is 3. The van der Waals surface area contributed by atoms with Gasteiger partial charge in [0.1, 0.15) is 23.1 Å². The number of hydrogen-bond donors (Lipinski definition) is 3. The van der Waals surface area contributed by atoms with Gasteiger partial charge in [-0.25, -0.2) is 9.97 Å². The first kappa shape index (κ1) is 30.8. The first-order chi connectivity index (χ1) is 21.8. The largest absolute Gasteiger partial charge is 0.495 e. The average Bonchev–Trinajstić information content (AvgIpc) is 3.80. The fraction of sp³-hybridized carbons (Fsp3) is 0.355. The maximum Gasteiger partial charge on any atom is 0.243 e. The summed E-state index contributed by atoms with van der Waals surface area (Å²) in [5, 5.41) is 16.8. The number of anilines is 3. The van der Waals surface area contributed by atoms with Gasteiger partial charge in [-0.1, -0.05) is 29.8 Å². The summed E-state index contributed by atoms with van der Waals surface area (Å²) in [5.41, 5.74) is 2.00. The number of rotatable bonds is 10. The van der Waals surface area contributed by atoms with E-state index in [4.69, 9.17) is 47.4 Å². The Labute approximate surface area is 270 Å². The smallest absolute Gasteiger partial charge is 0.243 e. The third kappa shape index (κ3) is 6.31. The number of carbonyl (C=O) groups is 1. The summed E-state index contributed by atoms with van der Waals surface area (Å²) in [5.74, 6) is 1.87. The number of nitrogens with zero attached hydrogens (tertiary/aromatic N) is 5. The van der Waals surface area contributed by atoms with Crippen molar-refractivity contribution in [3.05, 3.63) is 59.5 Å². The molecule has 3 aromatic heterocycles. The molecule has 1 amide bonds. The van der Waals surface area contributed by atoms with Crippen molar-refractivity contribution in [2.45, 2.75) is 24.5 Å². The quantitative estimate of drug-likeness (QED) is 0.210. The highest BCUT2D eigenvalue weighted by molar-refractivity contribution is 6.41. The molecule has 3 atom stereocenters. The van der Waals surface area contributed by atoms with E-state index in [-0.39, 0.29) is 24.0 Å². The van der Waals surface area contributed by atoms with E-state index in [1.807, 2.05) is 31.6 Å². The maximum absolute atomic E-state index is 12.3. The molecule has 0 spiro atoms. The van der Waals surface area contributed by atoms with Crippen molar-refractivity contribution in [2.75, 3.05) is 56.1 Å². The highest BCUT2D eigenvalue weighted by Crippen LogP contribution is 2.46. The number of aromatic nitrogens is 4.